The smallest absolute Gasteiger partial charge is 0.303 e. The van der Waals surface area contributed by atoms with Gasteiger partial charge in [0.25, 0.3) is 5.56 Å². The van der Waals surface area contributed by atoms with Gasteiger partial charge in [-0.05, 0) is 95.9 Å². The molecular formula is C29H46N8O3. The molecule has 220 valence electrons. The summed E-state index contributed by atoms with van der Waals surface area (Å²) in [5.41, 5.74) is 9.24. The Kier molecular flexibility index (Phi) is 13.1. The average molecular weight is 555 g/mol. The third-order valence-corrected chi connectivity index (χ3v) is 6.91. The predicted octanol–water partition coefficient (Wildman–Crippen LogP) is 2.04. The molecule has 3 rings (SSSR count). The van der Waals surface area contributed by atoms with Crippen molar-refractivity contribution in [1.82, 2.24) is 20.6 Å². The Labute approximate surface area is 236 Å². The minimum atomic E-state index is -0.764. The van der Waals surface area contributed by atoms with Gasteiger partial charge in [-0.15, -0.1) is 0 Å². The van der Waals surface area contributed by atoms with Crippen LogP contribution in [0.4, 0.5) is 22.9 Å². The van der Waals surface area contributed by atoms with Crippen molar-refractivity contribution in [3.05, 3.63) is 38.9 Å². The maximum Gasteiger partial charge on any atom is 0.303 e. The number of hydrogen-bond donors (Lipinski definition) is 6. The number of hydrogen-bond acceptors (Lipinski definition) is 9. The van der Waals surface area contributed by atoms with Crippen molar-refractivity contribution >= 4 is 35.4 Å². The highest BCUT2D eigenvalue weighted by atomic mass is 16.4. The van der Waals surface area contributed by atoms with Crippen LogP contribution in [-0.4, -0.2) is 66.9 Å². The van der Waals surface area contributed by atoms with Gasteiger partial charge in [0.2, 0.25) is 0 Å². The molecule has 0 saturated heterocycles. The first-order valence-corrected chi connectivity index (χ1v) is 14.6. The summed E-state index contributed by atoms with van der Waals surface area (Å²) in [7, 11) is 0. The van der Waals surface area contributed by atoms with Crippen LogP contribution in [0.5, 0.6) is 0 Å². The van der Waals surface area contributed by atoms with Crippen molar-refractivity contribution < 1.29 is 9.90 Å². The SMILES string of the molecule is C=c1nc2c(c(=O)[nH]1)=Nc1cc(C)c(NCCCNCCCCNCCCN)cc1N2CCCCCCC(=O)O. The van der Waals surface area contributed by atoms with Crippen LogP contribution in [-0.2, 0) is 4.79 Å². The van der Waals surface area contributed by atoms with Gasteiger partial charge in [0.05, 0.1) is 11.4 Å². The van der Waals surface area contributed by atoms with Crippen molar-refractivity contribution in [3.8, 4) is 0 Å². The highest BCUT2D eigenvalue weighted by Gasteiger charge is 2.23. The van der Waals surface area contributed by atoms with Gasteiger partial charge in [-0.2, -0.15) is 0 Å². The Morgan fingerprint density at radius 3 is 2.42 bits per heavy atom. The second-order valence-electron chi connectivity index (χ2n) is 10.3. The van der Waals surface area contributed by atoms with E-state index in [0.29, 0.717) is 29.6 Å². The maximum atomic E-state index is 12.7. The van der Waals surface area contributed by atoms with Gasteiger partial charge in [0, 0.05) is 25.2 Å². The van der Waals surface area contributed by atoms with Crippen LogP contribution in [0.25, 0.3) is 6.58 Å². The van der Waals surface area contributed by atoms with Gasteiger partial charge < -0.3 is 36.7 Å². The minimum absolute atomic E-state index is 0.187. The van der Waals surface area contributed by atoms with Crippen LogP contribution in [0.3, 0.4) is 0 Å². The molecule has 7 N–H and O–H groups in total. The minimum Gasteiger partial charge on any atom is -0.481 e. The predicted molar refractivity (Wildman–Crippen MR) is 161 cm³/mol. The van der Waals surface area contributed by atoms with Gasteiger partial charge in [0.1, 0.15) is 5.48 Å². The fourth-order valence-corrected chi connectivity index (χ4v) is 4.74. The lowest BCUT2D eigenvalue weighted by Gasteiger charge is -2.29. The number of aromatic amines is 1. The summed E-state index contributed by atoms with van der Waals surface area (Å²) in [6, 6.07) is 4.11. The Morgan fingerprint density at radius 2 is 1.70 bits per heavy atom. The third kappa shape index (κ3) is 9.72. The summed E-state index contributed by atoms with van der Waals surface area (Å²) in [5, 5.41) is 19.7. The van der Waals surface area contributed by atoms with E-state index in [0.717, 1.165) is 107 Å². The number of aromatic nitrogens is 2. The Hall–Kier alpha value is -3.28. The molecule has 0 saturated carbocycles. The van der Waals surface area contributed by atoms with Gasteiger partial charge in [-0.25, -0.2) is 9.98 Å². The van der Waals surface area contributed by atoms with Crippen molar-refractivity contribution in [3.63, 3.8) is 0 Å². The van der Waals surface area contributed by atoms with Crippen molar-refractivity contribution in [2.75, 3.05) is 56.0 Å². The summed E-state index contributed by atoms with van der Waals surface area (Å²) >= 11 is 0. The van der Waals surface area contributed by atoms with E-state index in [1.165, 1.54) is 0 Å². The first kappa shape index (κ1) is 31.3. The molecule has 0 aliphatic carbocycles. The number of anilines is 3. The number of nitrogens with zero attached hydrogens (tertiary/aromatic N) is 3. The largest absolute Gasteiger partial charge is 0.481 e. The fraction of sp³-hybridized carbons (Fsp3) is 0.586. The summed E-state index contributed by atoms with van der Waals surface area (Å²) in [6.07, 6.45) is 7.76. The van der Waals surface area contributed by atoms with E-state index >= 15 is 0 Å². The van der Waals surface area contributed by atoms with E-state index in [2.05, 4.69) is 48.5 Å². The number of H-pyrrole nitrogens is 1. The Morgan fingerprint density at radius 1 is 1.00 bits per heavy atom. The number of unbranched alkanes of at least 4 members (excludes halogenated alkanes) is 4. The number of aryl methyl sites for hydroxylation is 1. The maximum absolute atomic E-state index is 12.7. The van der Waals surface area contributed by atoms with Crippen LogP contribution in [0.2, 0.25) is 0 Å². The molecule has 1 aromatic carbocycles. The average Bonchev–Trinajstić information content (AvgIpc) is 2.91. The first-order valence-electron chi connectivity index (χ1n) is 14.6. The monoisotopic (exact) mass is 554 g/mol. The lowest BCUT2D eigenvalue weighted by molar-refractivity contribution is -0.137. The van der Waals surface area contributed by atoms with E-state index in [4.69, 9.17) is 10.8 Å². The summed E-state index contributed by atoms with van der Waals surface area (Å²) < 4.78 is 0. The number of rotatable bonds is 20. The van der Waals surface area contributed by atoms with Crippen LogP contribution in [0.15, 0.2) is 21.9 Å². The molecule has 1 aliphatic rings. The van der Waals surface area contributed by atoms with Gasteiger partial charge in [-0.3, -0.25) is 9.59 Å². The fourth-order valence-electron chi connectivity index (χ4n) is 4.74. The zero-order valence-electron chi connectivity index (χ0n) is 23.9. The number of carboxylic acids is 1. The van der Waals surface area contributed by atoms with Gasteiger partial charge in [-0.1, -0.05) is 19.4 Å². The molecule has 40 heavy (non-hydrogen) atoms. The zero-order valence-corrected chi connectivity index (χ0v) is 23.9. The lowest BCUT2D eigenvalue weighted by Crippen LogP contribution is -2.42. The normalized spacial score (nSPS) is 12.1. The highest BCUT2D eigenvalue weighted by molar-refractivity contribution is 5.80. The first-order chi connectivity index (χ1) is 19.4. The molecule has 11 nitrogen and oxygen atoms in total. The number of nitrogens with two attached hydrogens (primary N) is 1. The van der Waals surface area contributed by atoms with Gasteiger partial charge in [0.15, 0.2) is 11.2 Å². The van der Waals surface area contributed by atoms with Crippen molar-refractivity contribution in [2.24, 2.45) is 10.7 Å². The molecule has 1 aliphatic heterocycles. The molecule has 0 amide bonds. The third-order valence-electron chi connectivity index (χ3n) is 6.91. The van der Waals surface area contributed by atoms with E-state index in [1.807, 2.05) is 13.0 Å². The Bertz CT molecular complexity index is 1260. The second kappa shape index (κ2) is 16.7. The molecule has 0 spiro atoms. The molecule has 0 radical (unpaired) electrons. The summed E-state index contributed by atoms with van der Waals surface area (Å²) in [5.74, 6) is -0.249. The number of benzene rings is 1. The molecule has 2 heterocycles. The number of fused-ring (bicyclic) bond motifs is 2. The summed E-state index contributed by atoms with van der Waals surface area (Å²) in [6.45, 7) is 12.1. The summed E-state index contributed by atoms with van der Waals surface area (Å²) in [4.78, 5) is 37.4. The molecule has 0 unspecified atom stereocenters. The van der Waals surface area contributed by atoms with Crippen molar-refractivity contribution in [2.45, 2.75) is 64.7 Å². The van der Waals surface area contributed by atoms with E-state index < -0.39 is 5.97 Å². The molecular weight excluding hydrogens is 508 g/mol. The molecule has 0 atom stereocenters. The molecule has 1 aromatic heterocycles. The van der Waals surface area contributed by atoms with Crippen LogP contribution < -0.4 is 43.0 Å². The Balaban J connectivity index is 1.57. The van der Waals surface area contributed by atoms with E-state index in [-0.39, 0.29) is 12.0 Å². The zero-order chi connectivity index (χ0) is 28.7. The quantitative estimate of drug-likeness (QED) is 0.135. The van der Waals surface area contributed by atoms with Gasteiger partial charge >= 0.3 is 5.97 Å². The number of aliphatic carboxylic acids is 1. The highest BCUT2D eigenvalue weighted by Crippen LogP contribution is 2.38. The lowest BCUT2D eigenvalue weighted by atomic mass is 10.1. The standard InChI is InChI=1S/C29H46N8O3/c1-21-19-24-25(20-23(21)33-17-10-16-32-14-7-6-13-31-15-9-12-30)37(18-8-4-3-5-11-26(38)39)28-27(36-24)29(40)35-22(2)34-28/h19-20,31-33H,2-18,30H2,1H3,(H,35,40)(H,38,39). The molecule has 2 aromatic rings. The topological polar surface area (TPSA) is 161 Å². The van der Waals surface area contributed by atoms with Crippen LogP contribution in [0.1, 0.15) is 63.4 Å². The van der Waals surface area contributed by atoms with Crippen LogP contribution in [0, 0.1) is 6.92 Å². The number of carbonyl (C=O) groups is 1. The molecule has 11 heteroatoms. The number of carboxylic acid groups (broad SMARTS) is 1. The van der Waals surface area contributed by atoms with Crippen molar-refractivity contribution in [1.29, 1.82) is 0 Å². The molecule has 0 bridgehead atoms. The number of nitrogens with one attached hydrogen (secondary N) is 4. The van der Waals surface area contributed by atoms with Crippen LogP contribution >= 0.6 is 0 Å². The molecule has 0 fully saturated rings. The second-order valence-corrected chi connectivity index (χ2v) is 10.3. The van der Waals surface area contributed by atoms with E-state index in [9.17, 15) is 9.59 Å². The van der Waals surface area contributed by atoms with E-state index in [1.54, 1.807) is 0 Å².